The summed E-state index contributed by atoms with van der Waals surface area (Å²) in [5.41, 5.74) is 1.96. The number of halogens is 1. The van der Waals surface area contributed by atoms with E-state index in [9.17, 15) is 4.79 Å². The molecule has 3 N–H and O–H groups in total. The van der Waals surface area contributed by atoms with Gasteiger partial charge < -0.3 is 16.0 Å². The van der Waals surface area contributed by atoms with Crippen LogP contribution in [0, 0.1) is 0 Å². The molecule has 0 aliphatic carbocycles. The minimum absolute atomic E-state index is 0. The van der Waals surface area contributed by atoms with Crippen LogP contribution in [-0.2, 0) is 11.3 Å². The topological polar surface area (TPSA) is 65.5 Å². The van der Waals surface area contributed by atoms with Crippen LogP contribution >= 0.6 is 24.0 Å². The molecule has 0 atom stereocenters. The molecule has 1 rings (SSSR count). The number of amides is 1. The van der Waals surface area contributed by atoms with Crippen LogP contribution in [0.25, 0.3) is 0 Å². The zero-order valence-corrected chi connectivity index (χ0v) is 14.5. The largest absolute Gasteiger partial charge is 0.359 e. The molecule has 0 aromatic heterocycles. The van der Waals surface area contributed by atoms with Gasteiger partial charge in [0.1, 0.15) is 0 Å². The van der Waals surface area contributed by atoms with Crippen LogP contribution < -0.4 is 16.0 Å². The minimum atomic E-state index is 0. The number of anilines is 1. The first-order valence-electron chi connectivity index (χ1n) is 6.46. The molecule has 0 saturated carbocycles. The normalized spacial score (nSPS) is 10.4. The summed E-state index contributed by atoms with van der Waals surface area (Å²) in [6.07, 6.45) is 1.42. The maximum atomic E-state index is 11.4. The first kappa shape index (κ1) is 18.7. The van der Waals surface area contributed by atoms with Gasteiger partial charge in [0, 0.05) is 32.7 Å². The van der Waals surface area contributed by atoms with Crippen molar-refractivity contribution in [3.8, 4) is 0 Å². The van der Waals surface area contributed by atoms with E-state index in [1.54, 1.807) is 7.05 Å². The second-order valence-electron chi connectivity index (χ2n) is 4.17. The molecule has 1 aromatic carbocycles. The van der Waals surface area contributed by atoms with Gasteiger partial charge in [-0.25, -0.2) is 0 Å². The molecule has 0 aliphatic rings. The Hall–Kier alpha value is -1.31. The van der Waals surface area contributed by atoms with Crippen molar-refractivity contribution in [3.63, 3.8) is 0 Å². The summed E-state index contributed by atoms with van der Waals surface area (Å²) >= 11 is 0. The van der Waals surface area contributed by atoms with E-state index < -0.39 is 0 Å². The van der Waals surface area contributed by atoms with E-state index in [-0.39, 0.29) is 29.9 Å². The van der Waals surface area contributed by atoms with Gasteiger partial charge in [0.25, 0.3) is 0 Å². The number of nitrogens with one attached hydrogen (secondary N) is 3. The Morgan fingerprint density at radius 1 is 1.25 bits per heavy atom. The molecule has 1 amide bonds. The molecule has 20 heavy (non-hydrogen) atoms. The predicted molar refractivity (Wildman–Crippen MR) is 94.7 cm³/mol. The summed E-state index contributed by atoms with van der Waals surface area (Å²) in [6, 6.07) is 7.79. The Kier molecular flexibility index (Phi) is 9.79. The number of guanidine groups is 1. The van der Waals surface area contributed by atoms with Crippen molar-refractivity contribution in [2.24, 2.45) is 4.99 Å². The van der Waals surface area contributed by atoms with Gasteiger partial charge in [0.05, 0.1) is 0 Å². The molecule has 0 heterocycles. The van der Waals surface area contributed by atoms with Gasteiger partial charge in [-0.05, 0) is 24.1 Å². The van der Waals surface area contributed by atoms with Crippen molar-refractivity contribution in [1.82, 2.24) is 10.6 Å². The highest BCUT2D eigenvalue weighted by Gasteiger charge is 2.01. The maximum absolute atomic E-state index is 11.4. The Morgan fingerprint density at radius 2 is 1.90 bits per heavy atom. The molecular weight excluding hydrogens is 367 g/mol. The third-order valence-electron chi connectivity index (χ3n) is 2.64. The number of carbonyl (C=O) groups is 1. The number of nitrogens with zero attached hydrogens (tertiary/aromatic N) is 1. The van der Waals surface area contributed by atoms with Crippen LogP contribution in [0.15, 0.2) is 29.3 Å². The monoisotopic (exact) mass is 390 g/mol. The van der Waals surface area contributed by atoms with Gasteiger partial charge >= 0.3 is 0 Å². The molecule has 0 aliphatic heterocycles. The highest BCUT2D eigenvalue weighted by Crippen LogP contribution is 2.10. The lowest BCUT2D eigenvalue weighted by molar-refractivity contribution is -0.116. The number of benzene rings is 1. The summed E-state index contributed by atoms with van der Waals surface area (Å²) in [4.78, 5) is 15.5. The van der Waals surface area contributed by atoms with Crippen LogP contribution in [0.3, 0.4) is 0 Å². The van der Waals surface area contributed by atoms with Gasteiger partial charge in [-0.15, -0.1) is 24.0 Å². The SMILES string of the molecule is CCCC(=O)Nc1ccc(CNC(=NC)NC)cc1.I. The Bertz CT molecular complexity index is 431. The quantitative estimate of drug-likeness (QED) is 0.411. The van der Waals surface area contributed by atoms with Crippen molar-refractivity contribution in [3.05, 3.63) is 29.8 Å². The van der Waals surface area contributed by atoms with Crippen molar-refractivity contribution in [1.29, 1.82) is 0 Å². The standard InChI is InChI=1S/C14H22N4O.HI/c1-4-5-13(19)18-12-8-6-11(7-9-12)10-17-14(15-2)16-3;/h6-9H,4-5,10H2,1-3H3,(H,18,19)(H2,15,16,17);1H. The Morgan fingerprint density at radius 3 is 2.40 bits per heavy atom. The van der Waals surface area contributed by atoms with Gasteiger partial charge in [-0.1, -0.05) is 19.1 Å². The van der Waals surface area contributed by atoms with Gasteiger partial charge in [0.15, 0.2) is 5.96 Å². The molecule has 1 aromatic rings. The van der Waals surface area contributed by atoms with E-state index in [0.29, 0.717) is 13.0 Å². The van der Waals surface area contributed by atoms with E-state index in [1.165, 1.54) is 0 Å². The fourth-order valence-corrected chi connectivity index (χ4v) is 1.62. The number of hydrogen-bond donors (Lipinski definition) is 3. The van der Waals surface area contributed by atoms with E-state index in [4.69, 9.17) is 0 Å². The molecule has 112 valence electrons. The first-order valence-corrected chi connectivity index (χ1v) is 6.46. The number of hydrogen-bond acceptors (Lipinski definition) is 2. The molecule has 6 heteroatoms. The second-order valence-corrected chi connectivity index (χ2v) is 4.17. The van der Waals surface area contributed by atoms with Crippen molar-refractivity contribution in [2.45, 2.75) is 26.3 Å². The average Bonchev–Trinajstić information content (AvgIpc) is 2.42. The average molecular weight is 390 g/mol. The van der Waals surface area contributed by atoms with Crippen LogP contribution in [0.2, 0.25) is 0 Å². The van der Waals surface area contributed by atoms with Gasteiger partial charge in [-0.2, -0.15) is 0 Å². The minimum Gasteiger partial charge on any atom is -0.359 e. The third-order valence-corrected chi connectivity index (χ3v) is 2.64. The summed E-state index contributed by atoms with van der Waals surface area (Å²) in [5.74, 6) is 0.810. The van der Waals surface area contributed by atoms with Crippen LogP contribution in [0.5, 0.6) is 0 Å². The van der Waals surface area contributed by atoms with E-state index in [1.807, 2.05) is 38.2 Å². The molecule has 0 saturated heterocycles. The lowest BCUT2D eigenvalue weighted by Crippen LogP contribution is -2.34. The van der Waals surface area contributed by atoms with Crippen LogP contribution in [0.4, 0.5) is 5.69 Å². The zero-order valence-electron chi connectivity index (χ0n) is 12.2. The van der Waals surface area contributed by atoms with Crippen molar-refractivity contribution in [2.75, 3.05) is 19.4 Å². The first-order chi connectivity index (χ1) is 9.19. The van der Waals surface area contributed by atoms with E-state index in [0.717, 1.165) is 23.6 Å². The number of aliphatic imine (C=N–C) groups is 1. The van der Waals surface area contributed by atoms with Gasteiger partial charge in [-0.3, -0.25) is 9.79 Å². The molecule has 0 unspecified atom stereocenters. The maximum Gasteiger partial charge on any atom is 0.224 e. The lowest BCUT2D eigenvalue weighted by Gasteiger charge is -2.09. The molecule has 0 fully saturated rings. The van der Waals surface area contributed by atoms with E-state index >= 15 is 0 Å². The summed E-state index contributed by atoms with van der Waals surface area (Å²) in [5, 5.41) is 8.98. The Labute approximate surface area is 137 Å². The molecule has 0 spiro atoms. The summed E-state index contributed by atoms with van der Waals surface area (Å²) in [6.45, 7) is 2.68. The fraction of sp³-hybridized carbons (Fsp3) is 0.429. The predicted octanol–water partition coefficient (Wildman–Crippen LogP) is 2.34. The van der Waals surface area contributed by atoms with Crippen molar-refractivity contribution < 1.29 is 4.79 Å². The summed E-state index contributed by atoms with van der Waals surface area (Å²) in [7, 11) is 3.55. The fourth-order valence-electron chi connectivity index (χ4n) is 1.62. The third kappa shape index (κ3) is 6.74. The lowest BCUT2D eigenvalue weighted by atomic mass is 10.2. The van der Waals surface area contributed by atoms with Crippen LogP contribution in [-0.4, -0.2) is 26.0 Å². The molecule has 0 radical (unpaired) electrons. The second kappa shape index (κ2) is 10.5. The number of rotatable bonds is 5. The Balaban J connectivity index is 0.00000361. The van der Waals surface area contributed by atoms with Crippen molar-refractivity contribution >= 4 is 41.5 Å². The smallest absolute Gasteiger partial charge is 0.224 e. The van der Waals surface area contributed by atoms with Gasteiger partial charge in [0.2, 0.25) is 5.91 Å². The van der Waals surface area contributed by atoms with E-state index in [2.05, 4.69) is 20.9 Å². The molecule has 5 nitrogen and oxygen atoms in total. The molecule has 0 bridgehead atoms. The van der Waals surface area contributed by atoms with Crippen LogP contribution in [0.1, 0.15) is 25.3 Å². The zero-order chi connectivity index (χ0) is 14.1. The summed E-state index contributed by atoms with van der Waals surface area (Å²) < 4.78 is 0. The number of carbonyl (C=O) groups excluding carboxylic acids is 1. The highest BCUT2D eigenvalue weighted by atomic mass is 127. The molecular formula is C14H23IN4O. The highest BCUT2D eigenvalue weighted by molar-refractivity contribution is 14.0.